The Bertz CT molecular complexity index is 849. The fourth-order valence-corrected chi connectivity index (χ4v) is 2.44. The van der Waals surface area contributed by atoms with E-state index in [0.717, 1.165) is 22.3 Å². The lowest BCUT2D eigenvalue weighted by Gasteiger charge is -2.10. The molecule has 0 aliphatic carbocycles. The molecule has 1 amide bonds. The molecule has 0 aliphatic rings. The van der Waals surface area contributed by atoms with E-state index in [9.17, 15) is 4.79 Å². The van der Waals surface area contributed by atoms with E-state index in [-0.39, 0.29) is 5.56 Å². The number of carbonyl (C=O) groups is 1. The van der Waals surface area contributed by atoms with Gasteiger partial charge in [-0.3, -0.25) is 15.0 Å². The summed E-state index contributed by atoms with van der Waals surface area (Å²) in [4.78, 5) is 20.1. The first-order chi connectivity index (χ1) is 11.7. The van der Waals surface area contributed by atoms with Crippen molar-refractivity contribution in [3.8, 4) is 22.3 Å². The number of carbonyl (C=O) groups excluding carboxylic acids is 1. The fourth-order valence-electron chi connectivity index (χ4n) is 2.44. The largest absolute Gasteiger partial charge is 0.372 e. The minimum absolute atomic E-state index is 0.272. The SMILES string of the molecule is CNc1ncc(-c2ccc(-c3cccnc3)cc2)cc1C(=O)NO. The predicted octanol–water partition coefficient (Wildman–Crippen LogP) is 2.97. The van der Waals surface area contributed by atoms with Crippen LogP contribution in [0.25, 0.3) is 22.3 Å². The molecule has 3 aromatic rings. The molecular weight excluding hydrogens is 304 g/mol. The van der Waals surface area contributed by atoms with Gasteiger partial charge in [-0.2, -0.15) is 0 Å². The van der Waals surface area contributed by atoms with Crippen molar-refractivity contribution in [1.29, 1.82) is 0 Å². The Kier molecular flexibility index (Phi) is 4.49. The van der Waals surface area contributed by atoms with Gasteiger partial charge in [0, 0.05) is 31.2 Å². The summed E-state index contributed by atoms with van der Waals surface area (Å²) < 4.78 is 0. The predicted molar refractivity (Wildman–Crippen MR) is 91.7 cm³/mol. The van der Waals surface area contributed by atoms with E-state index in [1.54, 1.807) is 31.0 Å². The lowest BCUT2D eigenvalue weighted by molar-refractivity contribution is 0.0707. The van der Waals surface area contributed by atoms with Crippen molar-refractivity contribution in [2.24, 2.45) is 0 Å². The highest BCUT2D eigenvalue weighted by molar-refractivity contribution is 5.99. The highest BCUT2D eigenvalue weighted by Gasteiger charge is 2.13. The summed E-state index contributed by atoms with van der Waals surface area (Å²) in [6.45, 7) is 0. The summed E-state index contributed by atoms with van der Waals surface area (Å²) in [5.41, 5.74) is 5.71. The molecule has 6 nitrogen and oxygen atoms in total. The van der Waals surface area contributed by atoms with Crippen molar-refractivity contribution in [2.45, 2.75) is 0 Å². The smallest absolute Gasteiger partial charge is 0.278 e. The maximum absolute atomic E-state index is 11.8. The molecule has 0 aliphatic heterocycles. The van der Waals surface area contributed by atoms with Crippen LogP contribution in [-0.2, 0) is 0 Å². The van der Waals surface area contributed by atoms with Crippen LogP contribution in [-0.4, -0.2) is 28.1 Å². The van der Waals surface area contributed by atoms with Gasteiger partial charge in [-0.1, -0.05) is 30.3 Å². The van der Waals surface area contributed by atoms with Crippen molar-refractivity contribution in [3.05, 3.63) is 66.6 Å². The summed E-state index contributed by atoms with van der Waals surface area (Å²) in [5, 5.41) is 11.7. The Morgan fingerprint density at radius 2 is 1.71 bits per heavy atom. The Hall–Kier alpha value is -3.25. The highest BCUT2D eigenvalue weighted by atomic mass is 16.5. The third-order valence-corrected chi connectivity index (χ3v) is 3.68. The van der Waals surface area contributed by atoms with Gasteiger partial charge in [0.25, 0.3) is 5.91 Å². The van der Waals surface area contributed by atoms with Crippen LogP contribution in [0.4, 0.5) is 5.82 Å². The molecular formula is C18H16N4O2. The summed E-state index contributed by atoms with van der Waals surface area (Å²) in [7, 11) is 1.67. The Balaban J connectivity index is 1.96. The number of hydrogen-bond donors (Lipinski definition) is 3. The molecule has 0 atom stereocenters. The number of hydrogen-bond acceptors (Lipinski definition) is 5. The molecule has 2 aromatic heterocycles. The van der Waals surface area contributed by atoms with E-state index < -0.39 is 5.91 Å². The zero-order valence-corrected chi connectivity index (χ0v) is 13.0. The number of nitrogens with one attached hydrogen (secondary N) is 2. The van der Waals surface area contributed by atoms with Gasteiger partial charge in [0.1, 0.15) is 5.82 Å². The Labute approximate surface area is 139 Å². The van der Waals surface area contributed by atoms with Crippen molar-refractivity contribution >= 4 is 11.7 Å². The second-order valence-corrected chi connectivity index (χ2v) is 5.13. The molecule has 0 spiro atoms. The van der Waals surface area contributed by atoms with Crippen LogP contribution in [0.15, 0.2) is 61.1 Å². The van der Waals surface area contributed by atoms with Gasteiger partial charge in [0.15, 0.2) is 0 Å². The topological polar surface area (TPSA) is 87.1 Å². The highest BCUT2D eigenvalue weighted by Crippen LogP contribution is 2.26. The van der Waals surface area contributed by atoms with E-state index in [2.05, 4.69) is 15.3 Å². The van der Waals surface area contributed by atoms with Gasteiger partial charge >= 0.3 is 0 Å². The molecule has 0 bridgehead atoms. The first-order valence-electron chi connectivity index (χ1n) is 7.36. The number of pyridine rings is 2. The zero-order chi connectivity index (χ0) is 16.9. The van der Waals surface area contributed by atoms with Crippen LogP contribution in [0.2, 0.25) is 0 Å². The third-order valence-electron chi connectivity index (χ3n) is 3.68. The van der Waals surface area contributed by atoms with Crippen LogP contribution in [0.3, 0.4) is 0 Å². The molecule has 2 heterocycles. The van der Waals surface area contributed by atoms with Crippen molar-refractivity contribution in [2.75, 3.05) is 12.4 Å². The first kappa shape index (κ1) is 15.6. The summed E-state index contributed by atoms with van der Waals surface area (Å²) in [6, 6.07) is 13.5. The van der Waals surface area contributed by atoms with Crippen LogP contribution >= 0.6 is 0 Å². The molecule has 0 radical (unpaired) electrons. The maximum Gasteiger partial charge on any atom is 0.278 e. The molecule has 24 heavy (non-hydrogen) atoms. The second kappa shape index (κ2) is 6.89. The third kappa shape index (κ3) is 3.09. The lowest BCUT2D eigenvalue weighted by atomic mass is 10.0. The minimum atomic E-state index is -0.610. The van der Waals surface area contributed by atoms with Gasteiger partial charge in [0.2, 0.25) is 0 Å². The minimum Gasteiger partial charge on any atom is -0.372 e. The average Bonchev–Trinajstić information content (AvgIpc) is 2.67. The molecule has 0 unspecified atom stereocenters. The zero-order valence-electron chi connectivity index (χ0n) is 13.0. The molecule has 0 fully saturated rings. The molecule has 0 saturated carbocycles. The lowest BCUT2D eigenvalue weighted by Crippen LogP contribution is -2.20. The van der Waals surface area contributed by atoms with E-state index in [1.807, 2.05) is 42.6 Å². The van der Waals surface area contributed by atoms with Crippen molar-refractivity contribution < 1.29 is 10.0 Å². The molecule has 1 aromatic carbocycles. The van der Waals surface area contributed by atoms with Gasteiger partial charge in [-0.15, -0.1) is 0 Å². The molecule has 120 valence electrons. The molecule has 3 rings (SSSR count). The molecule has 3 N–H and O–H groups in total. The van der Waals surface area contributed by atoms with Gasteiger partial charge in [-0.25, -0.2) is 10.5 Å². The Morgan fingerprint density at radius 1 is 1.00 bits per heavy atom. The van der Waals surface area contributed by atoms with Crippen molar-refractivity contribution in [1.82, 2.24) is 15.4 Å². The van der Waals surface area contributed by atoms with E-state index in [4.69, 9.17) is 5.21 Å². The fraction of sp³-hybridized carbons (Fsp3) is 0.0556. The number of amides is 1. The summed E-state index contributed by atoms with van der Waals surface area (Å²) in [6.07, 6.45) is 5.22. The quantitative estimate of drug-likeness (QED) is 0.508. The van der Waals surface area contributed by atoms with E-state index in [1.165, 1.54) is 0 Å². The van der Waals surface area contributed by atoms with Crippen molar-refractivity contribution in [3.63, 3.8) is 0 Å². The van der Waals surface area contributed by atoms with Crippen LogP contribution in [0.5, 0.6) is 0 Å². The number of nitrogens with zero attached hydrogens (tertiary/aromatic N) is 2. The number of rotatable bonds is 4. The maximum atomic E-state index is 11.8. The van der Waals surface area contributed by atoms with Crippen LogP contribution in [0.1, 0.15) is 10.4 Å². The van der Waals surface area contributed by atoms with Crippen LogP contribution < -0.4 is 10.8 Å². The van der Waals surface area contributed by atoms with Gasteiger partial charge < -0.3 is 5.32 Å². The van der Waals surface area contributed by atoms with Gasteiger partial charge in [0.05, 0.1) is 5.56 Å². The standard InChI is InChI=1S/C18H16N4O2/c1-19-17-16(18(23)22-24)9-15(11-21-17)13-6-4-12(5-7-13)14-3-2-8-20-10-14/h2-11,24H,1H3,(H,19,21)(H,22,23). The molecule has 6 heteroatoms. The van der Waals surface area contributed by atoms with E-state index in [0.29, 0.717) is 5.82 Å². The molecule has 0 saturated heterocycles. The first-order valence-corrected chi connectivity index (χ1v) is 7.36. The monoisotopic (exact) mass is 320 g/mol. The normalized spacial score (nSPS) is 10.2. The average molecular weight is 320 g/mol. The number of aromatic nitrogens is 2. The number of benzene rings is 1. The van der Waals surface area contributed by atoms with Gasteiger partial charge in [-0.05, 0) is 28.8 Å². The Morgan fingerprint density at radius 3 is 2.29 bits per heavy atom. The number of hydroxylamine groups is 1. The van der Waals surface area contributed by atoms with E-state index >= 15 is 0 Å². The van der Waals surface area contributed by atoms with Crippen LogP contribution in [0, 0.1) is 0 Å². The summed E-state index contributed by atoms with van der Waals surface area (Å²) in [5.74, 6) is -0.210. The summed E-state index contributed by atoms with van der Waals surface area (Å²) >= 11 is 0. The number of anilines is 1. The second-order valence-electron chi connectivity index (χ2n) is 5.13.